The summed E-state index contributed by atoms with van der Waals surface area (Å²) in [5, 5.41) is 20.3. The van der Waals surface area contributed by atoms with Crippen molar-refractivity contribution < 1.29 is 4.79 Å². The maximum absolute atomic E-state index is 12.4. The molecule has 1 N–H and O–H groups in total. The van der Waals surface area contributed by atoms with Crippen molar-refractivity contribution in [3.8, 4) is 6.07 Å². The highest BCUT2D eigenvalue weighted by Gasteiger charge is 2.35. The molecule has 1 aliphatic rings. The molecule has 0 aromatic carbocycles. The summed E-state index contributed by atoms with van der Waals surface area (Å²) in [5.41, 5.74) is -0.672. The Kier molecular flexibility index (Phi) is 6.53. The second-order valence-corrected chi connectivity index (χ2v) is 9.35. The zero-order valence-electron chi connectivity index (χ0n) is 12.8. The first-order chi connectivity index (χ1) is 10.6. The monoisotopic (exact) mass is 356 g/mol. The van der Waals surface area contributed by atoms with Crippen molar-refractivity contribution in [2.75, 3.05) is 5.75 Å². The fraction of sp³-hybridized carbons (Fsp3) is 0.714. The predicted molar refractivity (Wildman–Crippen MR) is 91.2 cm³/mol. The molecule has 5 nitrogen and oxygen atoms in total. The van der Waals surface area contributed by atoms with Gasteiger partial charge in [0.25, 0.3) is 0 Å². The maximum atomic E-state index is 12.4. The van der Waals surface area contributed by atoms with E-state index in [-0.39, 0.29) is 11.2 Å². The SMILES string of the molecule is CCSc1nnc(S[C@H](C)C(=O)NC2(C#N)CCCCC2)s1. The number of thioether (sulfide) groups is 2. The molecule has 1 aromatic rings. The number of nitrogens with one attached hydrogen (secondary N) is 1. The van der Waals surface area contributed by atoms with E-state index in [1.807, 2.05) is 6.92 Å². The summed E-state index contributed by atoms with van der Waals surface area (Å²) in [6.07, 6.45) is 4.66. The van der Waals surface area contributed by atoms with Crippen LogP contribution < -0.4 is 5.32 Å². The fourth-order valence-corrected chi connectivity index (χ4v) is 5.45. The van der Waals surface area contributed by atoms with E-state index in [1.165, 1.54) is 23.1 Å². The smallest absolute Gasteiger partial charge is 0.234 e. The van der Waals surface area contributed by atoms with Crippen molar-refractivity contribution in [3.05, 3.63) is 0 Å². The van der Waals surface area contributed by atoms with Crippen molar-refractivity contribution in [1.29, 1.82) is 5.26 Å². The van der Waals surface area contributed by atoms with Crippen LogP contribution in [0.4, 0.5) is 0 Å². The highest BCUT2D eigenvalue weighted by atomic mass is 32.2. The molecular weight excluding hydrogens is 336 g/mol. The Morgan fingerprint density at radius 3 is 2.73 bits per heavy atom. The van der Waals surface area contributed by atoms with Gasteiger partial charge in [0.15, 0.2) is 8.68 Å². The first kappa shape index (κ1) is 17.6. The number of carbonyl (C=O) groups excluding carboxylic acids is 1. The molecule has 0 spiro atoms. The van der Waals surface area contributed by atoms with Gasteiger partial charge in [-0.2, -0.15) is 5.26 Å². The van der Waals surface area contributed by atoms with Gasteiger partial charge in [0, 0.05) is 0 Å². The molecule has 22 heavy (non-hydrogen) atoms. The lowest BCUT2D eigenvalue weighted by Gasteiger charge is -2.32. The van der Waals surface area contributed by atoms with Gasteiger partial charge < -0.3 is 5.32 Å². The summed E-state index contributed by atoms with van der Waals surface area (Å²) >= 11 is 4.57. The Balaban J connectivity index is 1.92. The van der Waals surface area contributed by atoms with Gasteiger partial charge in [0.05, 0.1) is 11.3 Å². The second kappa shape index (κ2) is 8.18. The Morgan fingerprint density at radius 1 is 1.41 bits per heavy atom. The Labute approximate surface area is 143 Å². The van der Waals surface area contributed by atoms with Crippen molar-refractivity contribution in [2.45, 2.75) is 65.4 Å². The quantitative estimate of drug-likeness (QED) is 0.786. The molecule has 1 fully saturated rings. The minimum Gasteiger partial charge on any atom is -0.337 e. The molecule has 1 amide bonds. The molecule has 2 rings (SSSR count). The van der Waals surface area contributed by atoms with Gasteiger partial charge >= 0.3 is 0 Å². The van der Waals surface area contributed by atoms with Crippen molar-refractivity contribution in [1.82, 2.24) is 15.5 Å². The number of nitriles is 1. The Hall–Kier alpha value is -0.780. The van der Waals surface area contributed by atoms with Crippen LogP contribution >= 0.6 is 34.9 Å². The van der Waals surface area contributed by atoms with Crippen LogP contribution in [0.1, 0.15) is 46.0 Å². The van der Waals surface area contributed by atoms with Gasteiger partial charge in [-0.05, 0) is 25.5 Å². The molecule has 120 valence electrons. The summed E-state index contributed by atoms with van der Waals surface area (Å²) in [4.78, 5) is 12.4. The summed E-state index contributed by atoms with van der Waals surface area (Å²) in [6.45, 7) is 3.92. The third-order valence-electron chi connectivity index (χ3n) is 3.59. The lowest BCUT2D eigenvalue weighted by Crippen LogP contribution is -2.50. The van der Waals surface area contributed by atoms with Crippen molar-refractivity contribution >= 4 is 40.8 Å². The van der Waals surface area contributed by atoms with Crippen LogP contribution in [0.3, 0.4) is 0 Å². The lowest BCUT2D eigenvalue weighted by molar-refractivity contribution is -0.121. The van der Waals surface area contributed by atoms with Gasteiger partial charge in [0.2, 0.25) is 5.91 Å². The van der Waals surface area contributed by atoms with Crippen LogP contribution in [0.25, 0.3) is 0 Å². The van der Waals surface area contributed by atoms with Crippen LogP contribution in [-0.4, -0.2) is 32.6 Å². The molecule has 1 aliphatic carbocycles. The van der Waals surface area contributed by atoms with E-state index < -0.39 is 5.54 Å². The molecule has 0 saturated heterocycles. The van der Waals surface area contributed by atoms with Gasteiger partial charge in [-0.3, -0.25) is 4.79 Å². The molecule has 8 heteroatoms. The van der Waals surface area contributed by atoms with Gasteiger partial charge in [-0.25, -0.2) is 0 Å². The van der Waals surface area contributed by atoms with Gasteiger partial charge in [-0.15, -0.1) is 10.2 Å². The molecule has 1 aromatic heterocycles. The van der Waals surface area contributed by atoms with Crippen LogP contribution in [0.5, 0.6) is 0 Å². The van der Waals surface area contributed by atoms with Crippen LogP contribution in [-0.2, 0) is 4.79 Å². The standard InChI is InChI=1S/C14H20N4OS3/c1-3-20-12-17-18-13(22-12)21-10(2)11(19)16-14(9-15)7-5-4-6-8-14/h10H,3-8H2,1-2H3,(H,16,19)/t10-/m1/s1. The van der Waals surface area contributed by atoms with Crippen LogP contribution in [0.15, 0.2) is 8.68 Å². The lowest BCUT2D eigenvalue weighted by atomic mass is 9.83. The topological polar surface area (TPSA) is 78.7 Å². The summed E-state index contributed by atoms with van der Waals surface area (Å²) in [5.74, 6) is 0.869. The maximum Gasteiger partial charge on any atom is 0.234 e. The molecule has 0 bridgehead atoms. The first-order valence-corrected chi connectivity index (χ1v) is 10.1. The number of carbonyl (C=O) groups is 1. The van der Waals surface area contributed by atoms with Gasteiger partial charge in [-0.1, -0.05) is 61.0 Å². The number of hydrogen-bond acceptors (Lipinski definition) is 7. The average Bonchev–Trinajstić information content (AvgIpc) is 2.95. The molecule has 1 saturated carbocycles. The number of amides is 1. The number of hydrogen-bond donors (Lipinski definition) is 1. The average molecular weight is 357 g/mol. The van der Waals surface area contributed by atoms with E-state index in [9.17, 15) is 10.1 Å². The second-order valence-electron chi connectivity index (χ2n) is 5.27. The molecule has 1 atom stereocenters. The number of aromatic nitrogens is 2. The third-order valence-corrected chi connectivity index (χ3v) is 6.71. The summed E-state index contributed by atoms with van der Waals surface area (Å²) in [7, 11) is 0. The zero-order valence-corrected chi connectivity index (χ0v) is 15.2. The molecule has 0 unspecified atom stereocenters. The van der Waals surface area contributed by atoms with E-state index in [1.54, 1.807) is 11.8 Å². The highest BCUT2D eigenvalue weighted by Crippen LogP contribution is 2.32. The van der Waals surface area contributed by atoms with E-state index >= 15 is 0 Å². The van der Waals surface area contributed by atoms with E-state index in [2.05, 4.69) is 28.5 Å². The summed E-state index contributed by atoms with van der Waals surface area (Å²) < 4.78 is 1.73. The molecule has 0 radical (unpaired) electrons. The van der Waals surface area contributed by atoms with Crippen LogP contribution in [0, 0.1) is 11.3 Å². The van der Waals surface area contributed by atoms with E-state index in [0.29, 0.717) is 0 Å². The normalized spacial score (nSPS) is 18.4. The number of rotatable bonds is 6. The van der Waals surface area contributed by atoms with Gasteiger partial charge in [0.1, 0.15) is 5.54 Å². The highest BCUT2D eigenvalue weighted by molar-refractivity contribution is 8.03. The Bertz CT molecular complexity index is 549. The Morgan fingerprint density at radius 2 is 2.09 bits per heavy atom. The first-order valence-electron chi connectivity index (χ1n) is 7.45. The fourth-order valence-electron chi connectivity index (χ4n) is 2.39. The molecule has 1 heterocycles. The summed E-state index contributed by atoms with van der Waals surface area (Å²) in [6, 6.07) is 2.32. The van der Waals surface area contributed by atoms with Crippen molar-refractivity contribution in [2.24, 2.45) is 0 Å². The van der Waals surface area contributed by atoms with E-state index in [0.717, 1.165) is 46.5 Å². The van der Waals surface area contributed by atoms with Crippen molar-refractivity contribution in [3.63, 3.8) is 0 Å². The largest absolute Gasteiger partial charge is 0.337 e. The minimum atomic E-state index is -0.672. The number of nitrogens with zero attached hydrogens (tertiary/aromatic N) is 3. The van der Waals surface area contributed by atoms with Crippen LogP contribution in [0.2, 0.25) is 0 Å². The third kappa shape index (κ3) is 4.61. The zero-order chi connectivity index (χ0) is 16.0. The van der Waals surface area contributed by atoms with E-state index in [4.69, 9.17) is 0 Å². The minimum absolute atomic E-state index is 0.0895. The predicted octanol–water partition coefficient (Wildman–Crippen LogP) is 3.47. The molecule has 0 aliphatic heterocycles. The molecular formula is C14H20N4OS3.